The zero-order valence-electron chi connectivity index (χ0n) is 12.1. The highest BCUT2D eigenvalue weighted by atomic mass is 16.3. The largest absolute Gasteiger partial charge is 0.396 e. The van der Waals surface area contributed by atoms with Crippen molar-refractivity contribution in [3.8, 4) is 0 Å². The number of aryl methyl sites for hydroxylation is 2. The predicted molar refractivity (Wildman–Crippen MR) is 77.2 cm³/mol. The van der Waals surface area contributed by atoms with Gasteiger partial charge in [-0.25, -0.2) is 0 Å². The van der Waals surface area contributed by atoms with E-state index in [-0.39, 0.29) is 6.61 Å². The third-order valence-electron chi connectivity index (χ3n) is 4.34. The van der Waals surface area contributed by atoms with Crippen LogP contribution < -0.4 is 0 Å². The van der Waals surface area contributed by atoms with Gasteiger partial charge in [-0.05, 0) is 17.7 Å². The van der Waals surface area contributed by atoms with Gasteiger partial charge >= 0.3 is 0 Å². The van der Waals surface area contributed by atoms with Crippen molar-refractivity contribution in [3.05, 3.63) is 42.0 Å². The third-order valence-corrected chi connectivity index (χ3v) is 4.34. The van der Waals surface area contributed by atoms with Crippen molar-refractivity contribution in [1.29, 1.82) is 0 Å². The summed E-state index contributed by atoms with van der Waals surface area (Å²) in [6, 6.07) is 4.24. The first-order valence-electron chi connectivity index (χ1n) is 7.09. The van der Waals surface area contributed by atoms with E-state index in [9.17, 15) is 5.11 Å². The first-order valence-corrected chi connectivity index (χ1v) is 7.09. The topological polar surface area (TPSA) is 46.2 Å². The molecule has 0 saturated carbocycles. The Morgan fingerprint density at radius 3 is 2.80 bits per heavy atom. The molecule has 1 aliphatic rings. The highest BCUT2D eigenvalue weighted by Gasteiger charge is 2.34. The van der Waals surface area contributed by atoms with Gasteiger partial charge in [-0.1, -0.05) is 0 Å². The van der Waals surface area contributed by atoms with E-state index >= 15 is 0 Å². The first-order chi connectivity index (χ1) is 9.67. The molecule has 20 heavy (non-hydrogen) atoms. The number of hydrogen-bond donors (Lipinski definition) is 1. The number of hydrogen-bond acceptors (Lipinski definition) is 3. The minimum Gasteiger partial charge on any atom is -0.396 e. The zero-order valence-corrected chi connectivity index (χ0v) is 12.1. The molecule has 1 fully saturated rings. The molecule has 0 bridgehead atoms. The Hall–Kier alpha value is -1.59. The summed E-state index contributed by atoms with van der Waals surface area (Å²) in [6.07, 6.45) is 6.08. The molecule has 1 N–H and O–H groups in total. The van der Waals surface area contributed by atoms with Gasteiger partial charge in [0.1, 0.15) is 0 Å². The van der Waals surface area contributed by atoms with Gasteiger partial charge in [0.25, 0.3) is 0 Å². The van der Waals surface area contributed by atoms with Crippen LogP contribution in [0.5, 0.6) is 0 Å². The van der Waals surface area contributed by atoms with E-state index in [2.05, 4.69) is 46.1 Å². The van der Waals surface area contributed by atoms with Crippen LogP contribution in [-0.4, -0.2) is 44.1 Å². The van der Waals surface area contributed by atoms with E-state index in [4.69, 9.17) is 0 Å². The molecule has 5 nitrogen and oxygen atoms in total. The van der Waals surface area contributed by atoms with Gasteiger partial charge in [0, 0.05) is 70.3 Å². The quantitative estimate of drug-likeness (QED) is 0.903. The van der Waals surface area contributed by atoms with Crippen molar-refractivity contribution in [3.63, 3.8) is 0 Å². The Bertz CT molecular complexity index is 574. The number of likely N-dealkylation sites (tertiary alicyclic amines) is 1. The average molecular weight is 274 g/mol. The highest BCUT2D eigenvalue weighted by Crippen LogP contribution is 2.32. The van der Waals surface area contributed by atoms with Crippen molar-refractivity contribution in [2.24, 2.45) is 20.0 Å². The van der Waals surface area contributed by atoms with E-state index in [0.29, 0.717) is 11.8 Å². The summed E-state index contributed by atoms with van der Waals surface area (Å²) >= 11 is 0. The van der Waals surface area contributed by atoms with Gasteiger partial charge in [-0.15, -0.1) is 0 Å². The Balaban J connectivity index is 1.73. The molecule has 0 unspecified atom stereocenters. The lowest BCUT2D eigenvalue weighted by Gasteiger charge is -2.16. The fourth-order valence-corrected chi connectivity index (χ4v) is 3.17. The summed E-state index contributed by atoms with van der Waals surface area (Å²) in [5, 5.41) is 13.9. The third kappa shape index (κ3) is 2.51. The van der Waals surface area contributed by atoms with Crippen LogP contribution in [0.15, 0.2) is 30.7 Å². The van der Waals surface area contributed by atoms with E-state index in [1.165, 1.54) is 11.3 Å². The molecule has 0 radical (unpaired) electrons. The molecule has 5 heteroatoms. The number of aliphatic hydroxyl groups is 1. The lowest BCUT2D eigenvalue weighted by atomic mass is 9.92. The van der Waals surface area contributed by atoms with Gasteiger partial charge in [-0.2, -0.15) is 5.10 Å². The first kappa shape index (κ1) is 13.4. The lowest BCUT2D eigenvalue weighted by Crippen LogP contribution is -2.22. The van der Waals surface area contributed by atoms with Crippen molar-refractivity contribution in [2.75, 3.05) is 19.7 Å². The number of rotatable bonds is 4. The fraction of sp³-hybridized carbons (Fsp3) is 0.533. The van der Waals surface area contributed by atoms with Crippen molar-refractivity contribution < 1.29 is 5.11 Å². The smallest absolute Gasteiger partial charge is 0.0525 e. The summed E-state index contributed by atoms with van der Waals surface area (Å²) in [4.78, 5) is 2.42. The maximum atomic E-state index is 9.64. The van der Waals surface area contributed by atoms with E-state index < -0.39 is 0 Å². The molecule has 3 heterocycles. The van der Waals surface area contributed by atoms with Crippen molar-refractivity contribution in [1.82, 2.24) is 19.2 Å². The van der Waals surface area contributed by atoms with E-state index in [1.54, 1.807) is 0 Å². The normalized spacial score (nSPS) is 23.6. The van der Waals surface area contributed by atoms with Gasteiger partial charge in [-0.3, -0.25) is 9.58 Å². The minimum atomic E-state index is 0.239. The molecule has 0 spiro atoms. The highest BCUT2D eigenvalue weighted by molar-refractivity contribution is 5.17. The van der Waals surface area contributed by atoms with Crippen LogP contribution in [0.25, 0.3) is 0 Å². The molecule has 1 saturated heterocycles. The molecule has 2 aromatic rings. The molecule has 1 aliphatic heterocycles. The second-order valence-corrected chi connectivity index (χ2v) is 5.80. The van der Waals surface area contributed by atoms with Crippen LogP contribution in [0, 0.1) is 5.92 Å². The summed E-state index contributed by atoms with van der Waals surface area (Å²) < 4.78 is 4.00. The molecular weight excluding hydrogens is 252 g/mol. The van der Waals surface area contributed by atoms with Gasteiger partial charge in [0.15, 0.2) is 0 Å². The SMILES string of the molecule is Cn1cc([C@@H]2CN(Cc3cccn3C)C[C@H]2CO)cn1. The zero-order chi connectivity index (χ0) is 14.1. The Kier molecular flexibility index (Phi) is 3.63. The average Bonchev–Trinajstić information content (AvgIpc) is 3.11. The molecule has 0 aliphatic carbocycles. The van der Waals surface area contributed by atoms with Crippen molar-refractivity contribution >= 4 is 0 Å². The standard InChI is InChI=1S/C15H22N4O/c1-17-5-3-4-14(17)9-19-8-13(11-20)15(10-19)12-6-16-18(2)7-12/h3-7,13,15,20H,8-11H2,1-2H3/t13-,15-/m0/s1. The van der Waals surface area contributed by atoms with Crippen LogP contribution in [0.3, 0.4) is 0 Å². The monoisotopic (exact) mass is 274 g/mol. The molecule has 3 rings (SSSR count). The minimum absolute atomic E-state index is 0.239. The predicted octanol–water partition coefficient (Wildman–Crippen LogP) is 0.966. The second kappa shape index (κ2) is 5.42. The maximum absolute atomic E-state index is 9.64. The fourth-order valence-electron chi connectivity index (χ4n) is 3.17. The van der Waals surface area contributed by atoms with Crippen molar-refractivity contribution in [2.45, 2.75) is 12.5 Å². The van der Waals surface area contributed by atoms with E-state index in [1.807, 2.05) is 17.9 Å². The molecule has 2 atom stereocenters. The molecule has 0 amide bonds. The van der Waals surface area contributed by atoms with Gasteiger partial charge in [0.05, 0.1) is 6.20 Å². The lowest BCUT2D eigenvalue weighted by molar-refractivity contribution is 0.213. The summed E-state index contributed by atoms with van der Waals surface area (Å²) in [5.41, 5.74) is 2.55. The van der Waals surface area contributed by atoms with Crippen LogP contribution >= 0.6 is 0 Å². The summed E-state index contributed by atoms with van der Waals surface area (Å²) in [7, 11) is 4.02. The van der Waals surface area contributed by atoms with E-state index in [0.717, 1.165) is 19.6 Å². The molecule has 2 aromatic heterocycles. The van der Waals surface area contributed by atoms with Crippen LogP contribution in [0.4, 0.5) is 0 Å². The van der Waals surface area contributed by atoms with Gasteiger partial charge < -0.3 is 9.67 Å². The van der Waals surface area contributed by atoms with Crippen LogP contribution in [0.1, 0.15) is 17.2 Å². The van der Waals surface area contributed by atoms with Crippen LogP contribution in [0.2, 0.25) is 0 Å². The Morgan fingerprint density at radius 2 is 2.20 bits per heavy atom. The molecule has 108 valence electrons. The number of nitrogens with zero attached hydrogens (tertiary/aromatic N) is 4. The second-order valence-electron chi connectivity index (χ2n) is 5.80. The van der Waals surface area contributed by atoms with Crippen LogP contribution in [-0.2, 0) is 20.6 Å². The Labute approximate surface area is 119 Å². The Morgan fingerprint density at radius 1 is 1.35 bits per heavy atom. The summed E-state index contributed by atoms with van der Waals surface area (Å²) in [5.74, 6) is 0.688. The molecular formula is C15H22N4O. The summed E-state index contributed by atoms with van der Waals surface area (Å²) in [6.45, 7) is 3.11. The number of aromatic nitrogens is 3. The maximum Gasteiger partial charge on any atom is 0.0525 e. The van der Waals surface area contributed by atoms with Gasteiger partial charge in [0.2, 0.25) is 0 Å². The number of aliphatic hydroxyl groups excluding tert-OH is 1. The molecule has 0 aromatic carbocycles.